The number of carbonyl (C=O) groups excluding carboxylic acids is 3. The standard InChI is InChI=1S/C18H22N2O5/c1-3-25-17(22)12-15-18(23)19-10-11-20(15)16(21)9-6-13-4-7-14(24-2)8-5-13/h4-9,15H,3,10-12H2,1-2H3,(H,19,23)/t15-/m0/s1. The van der Waals surface area contributed by atoms with E-state index in [1.807, 2.05) is 12.1 Å². The van der Waals surface area contributed by atoms with E-state index in [0.29, 0.717) is 13.1 Å². The number of nitrogens with one attached hydrogen (secondary N) is 1. The third kappa shape index (κ3) is 5.07. The van der Waals surface area contributed by atoms with Crippen LogP contribution in [0.4, 0.5) is 0 Å². The fourth-order valence-electron chi connectivity index (χ4n) is 2.54. The maximum Gasteiger partial charge on any atom is 0.308 e. The Morgan fingerprint density at radius 3 is 2.68 bits per heavy atom. The first-order chi connectivity index (χ1) is 12.0. The van der Waals surface area contributed by atoms with Gasteiger partial charge in [-0.15, -0.1) is 0 Å². The lowest BCUT2D eigenvalue weighted by molar-refractivity contribution is -0.150. The zero-order valence-corrected chi connectivity index (χ0v) is 14.4. The number of methoxy groups -OCH3 is 1. The first kappa shape index (κ1) is 18.5. The zero-order valence-electron chi connectivity index (χ0n) is 14.4. The summed E-state index contributed by atoms with van der Waals surface area (Å²) in [6.07, 6.45) is 2.91. The second-order valence-electron chi connectivity index (χ2n) is 5.45. The summed E-state index contributed by atoms with van der Waals surface area (Å²) in [5.74, 6) is -0.433. The van der Waals surface area contributed by atoms with E-state index in [1.54, 1.807) is 32.2 Å². The molecule has 1 heterocycles. The molecule has 0 unspecified atom stereocenters. The molecule has 0 saturated carbocycles. The van der Waals surface area contributed by atoms with Gasteiger partial charge in [-0.2, -0.15) is 0 Å². The van der Waals surface area contributed by atoms with Gasteiger partial charge in [0.1, 0.15) is 11.8 Å². The summed E-state index contributed by atoms with van der Waals surface area (Å²) in [6.45, 7) is 2.64. The van der Waals surface area contributed by atoms with Crippen molar-refractivity contribution in [2.24, 2.45) is 0 Å². The van der Waals surface area contributed by atoms with Crippen molar-refractivity contribution in [2.45, 2.75) is 19.4 Å². The third-order valence-electron chi connectivity index (χ3n) is 3.81. The Balaban J connectivity index is 2.06. The quantitative estimate of drug-likeness (QED) is 0.613. The van der Waals surface area contributed by atoms with Gasteiger partial charge >= 0.3 is 5.97 Å². The molecule has 1 saturated heterocycles. The number of carbonyl (C=O) groups is 3. The van der Waals surface area contributed by atoms with Gasteiger partial charge in [0.25, 0.3) is 0 Å². The van der Waals surface area contributed by atoms with Crippen LogP contribution in [0.25, 0.3) is 6.08 Å². The maximum atomic E-state index is 12.5. The second kappa shape index (κ2) is 8.86. The molecule has 1 N–H and O–H groups in total. The predicted molar refractivity (Wildman–Crippen MR) is 91.8 cm³/mol. The highest BCUT2D eigenvalue weighted by atomic mass is 16.5. The lowest BCUT2D eigenvalue weighted by Crippen LogP contribution is -2.57. The number of esters is 1. The average Bonchev–Trinajstić information content (AvgIpc) is 2.62. The molecule has 1 aromatic rings. The van der Waals surface area contributed by atoms with Crippen molar-refractivity contribution in [1.82, 2.24) is 10.2 Å². The first-order valence-electron chi connectivity index (χ1n) is 8.11. The van der Waals surface area contributed by atoms with Gasteiger partial charge in [0.15, 0.2) is 0 Å². The van der Waals surface area contributed by atoms with Crippen molar-refractivity contribution in [3.8, 4) is 5.75 Å². The summed E-state index contributed by atoms with van der Waals surface area (Å²) >= 11 is 0. The van der Waals surface area contributed by atoms with Crippen LogP contribution in [-0.4, -0.2) is 55.5 Å². The van der Waals surface area contributed by atoms with Crippen molar-refractivity contribution in [3.05, 3.63) is 35.9 Å². The highest BCUT2D eigenvalue weighted by Gasteiger charge is 2.34. The topological polar surface area (TPSA) is 84.9 Å². The third-order valence-corrected chi connectivity index (χ3v) is 3.81. The summed E-state index contributed by atoms with van der Waals surface area (Å²) in [6, 6.07) is 6.38. The molecule has 1 aliphatic heterocycles. The number of benzene rings is 1. The Hall–Kier alpha value is -2.83. The Labute approximate surface area is 146 Å². The molecular formula is C18H22N2O5. The molecule has 2 rings (SSSR count). The molecular weight excluding hydrogens is 324 g/mol. The van der Waals surface area contributed by atoms with Gasteiger partial charge in [-0.1, -0.05) is 12.1 Å². The summed E-state index contributed by atoms with van der Waals surface area (Å²) < 4.78 is 9.97. The number of piperazine rings is 1. The molecule has 0 radical (unpaired) electrons. The monoisotopic (exact) mass is 346 g/mol. The van der Waals surface area contributed by atoms with Crippen molar-refractivity contribution in [1.29, 1.82) is 0 Å². The van der Waals surface area contributed by atoms with Crippen LogP contribution in [-0.2, 0) is 19.1 Å². The summed E-state index contributed by atoms with van der Waals surface area (Å²) in [4.78, 5) is 37.6. The fourth-order valence-corrected chi connectivity index (χ4v) is 2.54. The molecule has 0 spiro atoms. The summed E-state index contributed by atoms with van der Waals surface area (Å²) in [5.41, 5.74) is 0.831. The highest BCUT2D eigenvalue weighted by Crippen LogP contribution is 2.14. The van der Waals surface area contributed by atoms with Crippen molar-refractivity contribution < 1.29 is 23.9 Å². The number of hydrogen-bond donors (Lipinski definition) is 1. The lowest BCUT2D eigenvalue weighted by Gasteiger charge is -2.33. The van der Waals surface area contributed by atoms with Crippen LogP contribution in [0.2, 0.25) is 0 Å². The van der Waals surface area contributed by atoms with Gasteiger partial charge in [0.05, 0.1) is 20.1 Å². The molecule has 1 aliphatic rings. The molecule has 25 heavy (non-hydrogen) atoms. The van der Waals surface area contributed by atoms with Crippen LogP contribution in [0.15, 0.2) is 30.3 Å². The maximum absolute atomic E-state index is 12.5. The van der Waals surface area contributed by atoms with E-state index < -0.39 is 12.0 Å². The Morgan fingerprint density at radius 1 is 1.32 bits per heavy atom. The number of amides is 2. The average molecular weight is 346 g/mol. The van der Waals surface area contributed by atoms with E-state index in [9.17, 15) is 14.4 Å². The number of ether oxygens (including phenoxy) is 2. The van der Waals surface area contributed by atoms with Crippen LogP contribution >= 0.6 is 0 Å². The van der Waals surface area contributed by atoms with Crippen molar-refractivity contribution in [3.63, 3.8) is 0 Å². The summed E-state index contributed by atoms with van der Waals surface area (Å²) in [5, 5.41) is 2.67. The number of rotatable bonds is 6. The predicted octanol–water partition coefficient (Wildman–Crippen LogP) is 0.989. The lowest BCUT2D eigenvalue weighted by atomic mass is 10.1. The molecule has 0 bridgehead atoms. The zero-order chi connectivity index (χ0) is 18.2. The molecule has 1 aromatic carbocycles. The smallest absolute Gasteiger partial charge is 0.308 e. The number of hydrogen-bond acceptors (Lipinski definition) is 5. The van der Waals surface area contributed by atoms with Gasteiger partial charge in [0.2, 0.25) is 11.8 Å². The van der Waals surface area contributed by atoms with Gasteiger partial charge in [-0.05, 0) is 30.7 Å². The molecule has 1 atom stereocenters. The van der Waals surface area contributed by atoms with E-state index >= 15 is 0 Å². The Kier molecular flexibility index (Phi) is 6.56. The van der Waals surface area contributed by atoms with Crippen LogP contribution in [0.3, 0.4) is 0 Å². The van der Waals surface area contributed by atoms with E-state index in [2.05, 4.69) is 5.32 Å². The summed E-state index contributed by atoms with van der Waals surface area (Å²) in [7, 11) is 1.58. The number of nitrogens with zero attached hydrogens (tertiary/aromatic N) is 1. The SMILES string of the molecule is CCOC(=O)C[C@H]1C(=O)NCCN1C(=O)C=Cc1ccc(OC)cc1. The van der Waals surface area contributed by atoms with Gasteiger partial charge < -0.3 is 19.7 Å². The van der Waals surface area contributed by atoms with Crippen LogP contribution in [0, 0.1) is 0 Å². The molecule has 2 amide bonds. The van der Waals surface area contributed by atoms with Gasteiger partial charge in [-0.25, -0.2) is 0 Å². The Morgan fingerprint density at radius 2 is 2.04 bits per heavy atom. The molecule has 7 heteroatoms. The molecule has 1 fully saturated rings. The molecule has 0 aromatic heterocycles. The van der Waals surface area contributed by atoms with Crippen molar-refractivity contribution >= 4 is 23.9 Å². The first-order valence-corrected chi connectivity index (χ1v) is 8.11. The fraction of sp³-hybridized carbons (Fsp3) is 0.389. The van der Waals surface area contributed by atoms with E-state index in [0.717, 1.165) is 11.3 Å². The van der Waals surface area contributed by atoms with Crippen LogP contribution in [0.5, 0.6) is 5.75 Å². The van der Waals surface area contributed by atoms with E-state index in [1.165, 1.54) is 11.0 Å². The van der Waals surface area contributed by atoms with Gasteiger partial charge in [-0.3, -0.25) is 14.4 Å². The minimum Gasteiger partial charge on any atom is -0.497 e. The minimum absolute atomic E-state index is 0.151. The normalized spacial score (nSPS) is 17.3. The highest BCUT2D eigenvalue weighted by molar-refractivity contribution is 5.97. The van der Waals surface area contributed by atoms with E-state index in [-0.39, 0.29) is 24.8 Å². The molecule has 0 aliphatic carbocycles. The van der Waals surface area contributed by atoms with Gasteiger partial charge in [0, 0.05) is 19.2 Å². The largest absolute Gasteiger partial charge is 0.497 e. The van der Waals surface area contributed by atoms with E-state index in [4.69, 9.17) is 9.47 Å². The Bertz CT molecular complexity index is 654. The van der Waals surface area contributed by atoms with Crippen LogP contribution in [0.1, 0.15) is 18.9 Å². The second-order valence-corrected chi connectivity index (χ2v) is 5.45. The minimum atomic E-state index is -0.846. The van der Waals surface area contributed by atoms with Crippen LogP contribution < -0.4 is 10.1 Å². The van der Waals surface area contributed by atoms with Crippen molar-refractivity contribution in [2.75, 3.05) is 26.8 Å². The molecule has 7 nitrogen and oxygen atoms in total. The molecule has 134 valence electrons.